The second kappa shape index (κ2) is 8.19. The summed E-state index contributed by atoms with van der Waals surface area (Å²) in [5, 5.41) is 11.5. The maximum atomic E-state index is 13.5. The van der Waals surface area contributed by atoms with E-state index >= 15 is 0 Å². The highest BCUT2D eigenvalue weighted by Crippen LogP contribution is 2.67. The number of ketones is 2. The van der Waals surface area contributed by atoms with E-state index in [1.54, 1.807) is 19.1 Å². The van der Waals surface area contributed by atoms with Crippen LogP contribution in [0.3, 0.4) is 0 Å². The Morgan fingerprint density at radius 3 is 2.61 bits per heavy atom. The van der Waals surface area contributed by atoms with E-state index < -0.39 is 46.9 Å². The van der Waals surface area contributed by atoms with Crippen molar-refractivity contribution in [3.05, 3.63) is 23.8 Å². The first-order valence-corrected chi connectivity index (χ1v) is 12.0. The Bertz CT molecular complexity index is 948. The number of aliphatic hydroxyl groups is 1. The van der Waals surface area contributed by atoms with E-state index in [4.69, 9.17) is 9.47 Å². The number of ether oxygens (including phenoxy) is 2. The molecule has 0 radical (unpaired) electrons. The van der Waals surface area contributed by atoms with Crippen LogP contribution in [0.15, 0.2) is 23.8 Å². The van der Waals surface area contributed by atoms with Crippen molar-refractivity contribution in [2.45, 2.75) is 77.9 Å². The molecule has 7 atom stereocenters. The van der Waals surface area contributed by atoms with Crippen molar-refractivity contribution in [1.29, 1.82) is 0 Å². The molecule has 7 heteroatoms. The van der Waals surface area contributed by atoms with Crippen LogP contribution < -0.4 is 0 Å². The van der Waals surface area contributed by atoms with Gasteiger partial charge in [0.1, 0.15) is 0 Å². The molecule has 180 valence electrons. The summed E-state index contributed by atoms with van der Waals surface area (Å²) in [5.41, 5.74) is -1.56. The molecular weight excluding hydrogens is 424 g/mol. The quantitative estimate of drug-likeness (QED) is 0.631. The van der Waals surface area contributed by atoms with Crippen molar-refractivity contribution in [3.63, 3.8) is 0 Å². The zero-order valence-corrected chi connectivity index (χ0v) is 19.9. The van der Waals surface area contributed by atoms with Crippen molar-refractivity contribution >= 4 is 23.5 Å². The minimum Gasteiger partial charge on any atom is -0.458 e. The first kappa shape index (κ1) is 23.9. The van der Waals surface area contributed by atoms with Crippen LogP contribution in [0.1, 0.15) is 66.2 Å². The molecule has 4 aliphatic rings. The highest BCUT2D eigenvalue weighted by Gasteiger charge is 2.70. The van der Waals surface area contributed by atoms with Crippen LogP contribution >= 0.6 is 0 Å². The maximum Gasteiger partial charge on any atom is 0.306 e. The van der Waals surface area contributed by atoms with Gasteiger partial charge in [-0.05, 0) is 56.1 Å². The molecule has 4 aliphatic carbocycles. The molecule has 0 heterocycles. The van der Waals surface area contributed by atoms with E-state index in [0.717, 1.165) is 18.4 Å². The lowest BCUT2D eigenvalue weighted by Gasteiger charge is -2.59. The second-order valence-corrected chi connectivity index (χ2v) is 10.6. The topological polar surface area (TPSA) is 107 Å². The lowest BCUT2D eigenvalue weighted by Crippen LogP contribution is -2.63. The third-order valence-electron chi connectivity index (χ3n) is 9.05. The number of hydrogen-bond donors (Lipinski definition) is 1. The molecule has 4 rings (SSSR count). The molecule has 0 aromatic rings. The standard InChI is InChI=1S/C26H34O7/c1-5-22(31)33-26(21(30)14-32-15(2)27)11-9-19-18-7-6-16-12-17(28)8-10-24(16,3)23(18)20(29)13-25(19,26)4/h8,10,12,18-20,23,29H,5-7,9,11,13-14H2,1-4H3/t18-,19-,20?,23+,24-,25-,26-/m0/s1. The van der Waals surface area contributed by atoms with Crippen molar-refractivity contribution in [1.82, 2.24) is 0 Å². The van der Waals surface area contributed by atoms with Crippen LogP contribution in [0.4, 0.5) is 0 Å². The van der Waals surface area contributed by atoms with Gasteiger partial charge in [-0.3, -0.25) is 19.2 Å². The third-order valence-corrected chi connectivity index (χ3v) is 9.05. The van der Waals surface area contributed by atoms with E-state index in [1.165, 1.54) is 6.92 Å². The van der Waals surface area contributed by atoms with Gasteiger partial charge in [-0.15, -0.1) is 0 Å². The van der Waals surface area contributed by atoms with Crippen LogP contribution in [0, 0.1) is 28.6 Å². The van der Waals surface area contributed by atoms with Crippen LogP contribution in [0.2, 0.25) is 0 Å². The van der Waals surface area contributed by atoms with Gasteiger partial charge in [0.2, 0.25) is 5.78 Å². The van der Waals surface area contributed by atoms with Crippen LogP contribution in [-0.2, 0) is 28.7 Å². The average Bonchev–Trinajstić information content (AvgIpc) is 3.04. The number of rotatable bonds is 5. The van der Waals surface area contributed by atoms with Crippen molar-refractivity contribution in [2.75, 3.05) is 6.61 Å². The lowest BCUT2D eigenvalue weighted by atomic mass is 9.46. The fourth-order valence-corrected chi connectivity index (χ4v) is 7.55. The summed E-state index contributed by atoms with van der Waals surface area (Å²) < 4.78 is 10.9. The van der Waals surface area contributed by atoms with Crippen LogP contribution in [0.5, 0.6) is 0 Å². The summed E-state index contributed by atoms with van der Waals surface area (Å²) in [6, 6.07) is 0. The fraction of sp³-hybridized carbons (Fsp3) is 0.692. The fourth-order valence-electron chi connectivity index (χ4n) is 7.55. The van der Waals surface area contributed by atoms with Gasteiger partial charge < -0.3 is 14.6 Å². The van der Waals surface area contributed by atoms with Gasteiger partial charge in [0.15, 0.2) is 18.0 Å². The number of carbonyl (C=O) groups excluding carboxylic acids is 4. The zero-order chi connectivity index (χ0) is 24.2. The van der Waals surface area contributed by atoms with Gasteiger partial charge in [-0.1, -0.05) is 32.4 Å². The smallest absolute Gasteiger partial charge is 0.306 e. The molecule has 1 unspecified atom stereocenters. The molecule has 0 amide bonds. The summed E-state index contributed by atoms with van der Waals surface area (Å²) in [5.74, 6) is -1.38. The van der Waals surface area contributed by atoms with E-state index in [-0.39, 0.29) is 30.0 Å². The summed E-state index contributed by atoms with van der Waals surface area (Å²) >= 11 is 0. The molecule has 3 fully saturated rings. The SMILES string of the molecule is CCC(=O)O[C@]1(C(=O)COC(C)=O)CC[C@H]2[C@@H]3CCC4=CC(=O)C=C[C@]4(C)[C@H]3C(O)C[C@@]21C. The third kappa shape index (κ3) is 3.50. The predicted octanol–water partition coefficient (Wildman–Crippen LogP) is 3.09. The van der Waals surface area contributed by atoms with Crippen molar-refractivity contribution in [2.24, 2.45) is 28.6 Å². The first-order valence-electron chi connectivity index (χ1n) is 12.0. The van der Waals surface area contributed by atoms with Gasteiger partial charge in [0.25, 0.3) is 0 Å². The summed E-state index contributed by atoms with van der Waals surface area (Å²) in [4.78, 5) is 49.3. The minimum absolute atomic E-state index is 0.0153. The highest BCUT2D eigenvalue weighted by molar-refractivity contribution is 6.01. The Hall–Kier alpha value is -2.28. The average molecular weight is 459 g/mol. The Morgan fingerprint density at radius 1 is 1.21 bits per heavy atom. The van der Waals surface area contributed by atoms with E-state index in [9.17, 15) is 24.3 Å². The van der Waals surface area contributed by atoms with Gasteiger partial charge in [0.05, 0.1) is 6.10 Å². The summed E-state index contributed by atoms with van der Waals surface area (Å²) in [7, 11) is 0. The van der Waals surface area contributed by atoms with Gasteiger partial charge >= 0.3 is 11.9 Å². The van der Waals surface area contributed by atoms with Crippen LogP contribution in [0.25, 0.3) is 0 Å². The van der Waals surface area contributed by atoms with Gasteiger partial charge in [-0.25, -0.2) is 0 Å². The number of fused-ring (bicyclic) bond motifs is 5. The number of esters is 2. The van der Waals surface area contributed by atoms with Gasteiger partial charge in [0, 0.05) is 30.1 Å². The number of allylic oxidation sites excluding steroid dienone is 4. The molecule has 0 aromatic heterocycles. The number of hydrogen-bond acceptors (Lipinski definition) is 7. The lowest BCUT2D eigenvalue weighted by molar-refractivity contribution is -0.200. The van der Waals surface area contributed by atoms with E-state index in [0.29, 0.717) is 19.3 Å². The number of aliphatic hydroxyl groups excluding tert-OH is 1. The zero-order valence-electron chi connectivity index (χ0n) is 19.9. The molecule has 7 nitrogen and oxygen atoms in total. The largest absolute Gasteiger partial charge is 0.458 e. The Kier molecular flexibility index (Phi) is 5.92. The summed E-state index contributed by atoms with van der Waals surface area (Å²) in [6.07, 6.45) is 7.54. The monoisotopic (exact) mass is 458 g/mol. The molecule has 0 bridgehead atoms. The number of Topliss-reactive ketones (excluding diaryl/α,β-unsaturated/α-hetero) is 1. The van der Waals surface area contributed by atoms with E-state index in [1.807, 2.05) is 13.0 Å². The Labute approximate surface area is 194 Å². The minimum atomic E-state index is -1.43. The highest BCUT2D eigenvalue weighted by atomic mass is 16.6. The van der Waals surface area contributed by atoms with Crippen molar-refractivity contribution in [3.8, 4) is 0 Å². The first-order chi connectivity index (χ1) is 15.5. The number of carbonyl (C=O) groups is 4. The molecule has 0 aromatic carbocycles. The Balaban J connectivity index is 1.73. The Morgan fingerprint density at radius 2 is 1.94 bits per heavy atom. The molecule has 33 heavy (non-hydrogen) atoms. The van der Waals surface area contributed by atoms with E-state index in [2.05, 4.69) is 6.92 Å². The molecule has 0 saturated heterocycles. The molecule has 0 spiro atoms. The molecule has 1 N–H and O–H groups in total. The molecular formula is C26H34O7. The predicted molar refractivity (Wildman–Crippen MR) is 119 cm³/mol. The van der Waals surface area contributed by atoms with Crippen molar-refractivity contribution < 1.29 is 33.8 Å². The molecule has 3 saturated carbocycles. The molecule has 0 aliphatic heterocycles. The normalized spacial score (nSPS) is 41.4. The summed E-state index contributed by atoms with van der Waals surface area (Å²) in [6.45, 7) is 6.51. The maximum absolute atomic E-state index is 13.5. The second-order valence-electron chi connectivity index (χ2n) is 10.6. The van der Waals surface area contributed by atoms with Crippen LogP contribution in [-0.4, -0.2) is 46.9 Å². The van der Waals surface area contributed by atoms with Gasteiger partial charge in [-0.2, -0.15) is 0 Å².